The van der Waals surface area contributed by atoms with E-state index in [0.29, 0.717) is 0 Å². The first kappa shape index (κ1) is 15.2. The summed E-state index contributed by atoms with van der Waals surface area (Å²) in [5.74, 6) is -1.08. The molecule has 0 spiro atoms. The molecular formula is C18H22O3. The van der Waals surface area contributed by atoms with Crippen LogP contribution in [0.1, 0.15) is 37.5 Å². The fourth-order valence-electron chi connectivity index (χ4n) is 2.95. The van der Waals surface area contributed by atoms with E-state index in [4.69, 9.17) is 0 Å². The third-order valence-electron chi connectivity index (χ3n) is 4.00. The fraction of sp³-hybridized carbons (Fsp3) is 0.333. The third-order valence-corrected chi connectivity index (χ3v) is 4.00. The number of phenols is 3. The highest BCUT2D eigenvalue weighted by Crippen LogP contribution is 2.40. The van der Waals surface area contributed by atoms with Gasteiger partial charge in [-0.15, -0.1) is 0 Å². The molecule has 21 heavy (non-hydrogen) atoms. The Labute approximate surface area is 125 Å². The number of aryl methyl sites for hydroxylation is 1. The van der Waals surface area contributed by atoms with Crippen molar-refractivity contribution in [1.29, 1.82) is 0 Å². The standard InChI is InChI=1S/C18H22O3/c1-4-11-7-8-15(14(6-3)13(11)5-2)12-9-16(19)18(21)17(20)10-12/h7-10,19-21H,4-6H2,1-3H3. The molecule has 0 aliphatic heterocycles. The average Bonchev–Trinajstić information content (AvgIpc) is 2.50. The summed E-state index contributed by atoms with van der Waals surface area (Å²) in [6, 6.07) is 7.12. The van der Waals surface area contributed by atoms with E-state index in [1.807, 2.05) is 6.07 Å². The van der Waals surface area contributed by atoms with Gasteiger partial charge in [0.15, 0.2) is 17.2 Å². The zero-order valence-corrected chi connectivity index (χ0v) is 12.8. The van der Waals surface area contributed by atoms with E-state index in [1.54, 1.807) is 0 Å². The van der Waals surface area contributed by atoms with Crippen molar-refractivity contribution in [2.45, 2.75) is 40.0 Å². The van der Waals surface area contributed by atoms with Crippen LogP contribution in [-0.4, -0.2) is 15.3 Å². The zero-order valence-electron chi connectivity index (χ0n) is 12.8. The summed E-state index contributed by atoms with van der Waals surface area (Å²) >= 11 is 0. The molecule has 0 heterocycles. The Morgan fingerprint density at radius 3 is 1.81 bits per heavy atom. The van der Waals surface area contributed by atoms with E-state index >= 15 is 0 Å². The lowest BCUT2D eigenvalue weighted by molar-refractivity contribution is 0.368. The lowest BCUT2D eigenvalue weighted by Gasteiger charge is -2.17. The van der Waals surface area contributed by atoms with Crippen LogP contribution >= 0.6 is 0 Å². The Morgan fingerprint density at radius 1 is 0.762 bits per heavy atom. The van der Waals surface area contributed by atoms with Gasteiger partial charge in [-0.3, -0.25) is 0 Å². The number of hydrogen-bond donors (Lipinski definition) is 3. The maximum Gasteiger partial charge on any atom is 0.200 e. The van der Waals surface area contributed by atoms with Crippen molar-refractivity contribution < 1.29 is 15.3 Å². The fourth-order valence-corrected chi connectivity index (χ4v) is 2.95. The maximum atomic E-state index is 9.72. The van der Waals surface area contributed by atoms with Gasteiger partial charge < -0.3 is 15.3 Å². The highest BCUT2D eigenvalue weighted by atomic mass is 16.3. The second-order valence-electron chi connectivity index (χ2n) is 5.15. The Bertz CT molecular complexity index is 637. The second kappa shape index (κ2) is 6.08. The van der Waals surface area contributed by atoms with Crippen LogP contribution in [-0.2, 0) is 19.3 Å². The molecule has 112 valence electrons. The molecule has 0 aliphatic rings. The van der Waals surface area contributed by atoms with Crippen LogP contribution in [0.15, 0.2) is 24.3 Å². The largest absolute Gasteiger partial charge is 0.504 e. The van der Waals surface area contributed by atoms with Crippen LogP contribution in [0, 0.1) is 0 Å². The quantitative estimate of drug-likeness (QED) is 0.740. The van der Waals surface area contributed by atoms with E-state index in [2.05, 4.69) is 26.8 Å². The molecule has 3 nitrogen and oxygen atoms in total. The minimum Gasteiger partial charge on any atom is -0.504 e. The summed E-state index contributed by atoms with van der Waals surface area (Å²) < 4.78 is 0. The summed E-state index contributed by atoms with van der Waals surface area (Å²) in [7, 11) is 0. The molecule has 2 aromatic rings. The van der Waals surface area contributed by atoms with Gasteiger partial charge in [-0.05, 0) is 59.2 Å². The maximum absolute atomic E-state index is 9.72. The summed E-state index contributed by atoms with van der Waals surface area (Å²) in [6.07, 6.45) is 2.83. The van der Waals surface area contributed by atoms with Gasteiger partial charge in [-0.2, -0.15) is 0 Å². The van der Waals surface area contributed by atoms with Gasteiger partial charge in [0.1, 0.15) is 0 Å². The van der Waals surface area contributed by atoms with Crippen LogP contribution in [0.4, 0.5) is 0 Å². The van der Waals surface area contributed by atoms with E-state index in [-0.39, 0.29) is 11.5 Å². The number of rotatable bonds is 4. The molecule has 0 amide bonds. The molecular weight excluding hydrogens is 264 g/mol. The number of benzene rings is 2. The van der Waals surface area contributed by atoms with Crippen molar-refractivity contribution in [1.82, 2.24) is 0 Å². The van der Waals surface area contributed by atoms with Crippen molar-refractivity contribution in [2.24, 2.45) is 0 Å². The van der Waals surface area contributed by atoms with Gasteiger partial charge in [-0.25, -0.2) is 0 Å². The SMILES string of the molecule is CCc1ccc(-c2cc(O)c(O)c(O)c2)c(CC)c1CC. The van der Waals surface area contributed by atoms with Crippen molar-refractivity contribution in [3.63, 3.8) is 0 Å². The van der Waals surface area contributed by atoms with Crippen molar-refractivity contribution >= 4 is 0 Å². The van der Waals surface area contributed by atoms with E-state index < -0.39 is 5.75 Å². The van der Waals surface area contributed by atoms with Gasteiger partial charge in [0.2, 0.25) is 0 Å². The highest BCUT2D eigenvalue weighted by molar-refractivity contribution is 5.74. The second-order valence-corrected chi connectivity index (χ2v) is 5.15. The predicted octanol–water partition coefficient (Wildman–Crippen LogP) is 4.16. The Balaban J connectivity index is 2.69. The zero-order chi connectivity index (χ0) is 15.6. The first-order chi connectivity index (χ1) is 10.0. The van der Waals surface area contributed by atoms with E-state index in [1.165, 1.54) is 28.8 Å². The monoisotopic (exact) mass is 286 g/mol. The van der Waals surface area contributed by atoms with Gasteiger partial charge in [0.05, 0.1) is 0 Å². The topological polar surface area (TPSA) is 60.7 Å². The van der Waals surface area contributed by atoms with Crippen molar-refractivity contribution in [3.05, 3.63) is 41.0 Å². The number of hydrogen-bond acceptors (Lipinski definition) is 3. The Kier molecular flexibility index (Phi) is 4.41. The molecule has 2 aromatic carbocycles. The molecule has 0 radical (unpaired) electrons. The third kappa shape index (κ3) is 2.68. The van der Waals surface area contributed by atoms with Crippen molar-refractivity contribution in [3.8, 4) is 28.4 Å². The molecule has 3 heteroatoms. The van der Waals surface area contributed by atoms with Crippen LogP contribution < -0.4 is 0 Å². The lowest BCUT2D eigenvalue weighted by Crippen LogP contribution is -2.00. The minimum atomic E-state index is -0.474. The van der Waals surface area contributed by atoms with Crippen molar-refractivity contribution in [2.75, 3.05) is 0 Å². The predicted molar refractivity (Wildman–Crippen MR) is 85.0 cm³/mol. The molecule has 0 bridgehead atoms. The van der Waals surface area contributed by atoms with E-state index in [0.717, 1.165) is 30.4 Å². The molecule has 3 N–H and O–H groups in total. The van der Waals surface area contributed by atoms with Gasteiger partial charge >= 0.3 is 0 Å². The normalized spacial score (nSPS) is 10.8. The minimum absolute atomic E-state index is 0.301. The summed E-state index contributed by atoms with van der Waals surface area (Å²) in [4.78, 5) is 0. The van der Waals surface area contributed by atoms with Gasteiger partial charge in [-0.1, -0.05) is 32.9 Å². The lowest BCUT2D eigenvalue weighted by atomic mass is 9.88. The molecule has 2 rings (SSSR count). The summed E-state index contributed by atoms with van der Waals surface area (Å²) in [5, 5.41) is 28.9. The highest BCUT2D eigenvalue weighted by Gasteiger charge is 2.15. The molecule has 0 saturated carbocycles. The average molecular weight is 286 g/mol. The van der Waals surface area contributed by atoms with Crippen LogP contribution in [0.25, 0.3) is 11.1 Å². The summed E-state index contributed by atoms with van der Waals surface area (Å²) in [6.45, 7) is 6.40. The molecule has 0 atom stereocenters. The van der Waals surface area contributed by atoms with Crippen LogP contribution in [0.2, 0.25) is 0 Å². The Hall–Kier alpha value is -2.16. The van der Waals surface area contributed by atoms with E-state index in [9.17, 15) is 15.3 Å². The van der Waals surface area contributed by atoms with Gasteiger partial charge in [0, 0.05) is 0 Å². The first-order valence-corrected chi connectivity index (χ1v) is 7.42. The Morgan fingerprint density at radius 2 is 1.33 bits per heavy atom. The summed E-state index contributed by atoms with van der Waals surface area (Å²) in [5.41, 5.74) is 5.63. The van der Waals surface area contributed by atoms with Crippen LogP contribution in [0.5, 0.6) is 17.2 Å². The first-order valence-electron chi connectivity index (χ1n) is 7.42. The number of aromatic hydroxyl groups is 3. The van der Waals surface area contributed by atoms with Crippen LogP contribution in [0.3, 0.4) is 0 Å². The molecule has 0 aliphatic carbocycles. The molecule has 0 fully saturated rings. The molecule has 0 saturated heterocycles. The van der Waals surface area contributed by atoms with Gasteiger partial charge in [0.25, 0.3) is 0 Å². The number of phenolic OH excluding ortho intramolecular Hbond substituents is 3. The molecule has 0 unspecified atom stereocenters. The smallest absolute Gasteiger partial charge is 0.200 e. The molecule has 0 aromatic heterocycles.